The zero-order chi connectivity index (χ0) is 16.2. The molecule has 0 saturated carbocycles. The first-order chi connectivity index (χ1) is 10.4. The van der Waals surface area contributed by atoms with Gasteiger partial charge in [0.2, 0.25) is 5.91 Å². The minimum absolute atomic E-state index is 0.00533. The molecule has 0 aromatic heterocycles. The van der Waals surface area contributed by atoms with E-state index in [1.165, 1.54) is 22.7 Å². The standard InChI is InChI=1S/C15H23N3O3S/c1-17(2)22(20,21)18-10-8-14(9-11-18)15(19)16-12-13-6-4-3-5-7-13/h3-7,14H,8-12H2,1-2H3,(H,16,19). The summed E-state index contributed by atoms with van der Waals surface area (Å²) < 4.78 is 26.7. The Bertz CT molecular complexity index is 594. The van der Waals surface area contributed by atoms with Crippen LogP contribution in [0.3, 0.4) is 0 Å². The molecule has 122 valence electrons. The number of hydrogen-bond acceptors (Lipinski definition) is 3. The molecule has 1 aliphatic heterocycles. The Morgan fingerprint density at radius 3 is 2.36 bits per heavy atom. The average Bonchev–Trinajstić information content (AvgIpc) is 2.53. The Morgan fingerprint density at radius 1 is 1.23 bits per heavy atom. The predicted molar refractivity (Wildman–Crippen MR) is 85.2 cm³/mol. The van der Waals surface area contributed by atoms with Crippen molar-refractivity contribution in [2.24, 2.45) is 5.92 Å². The highest BCUT2D eigenvalue weighted by atomic mass is 32.2. The zero-order valence-corrected chi connectivity index (χ0v) is 13.8. The van der Waals surface area contributed by atoms with Crippen LogP contribution in [-0.2, 0) is 21.5 Å². The maximum absolute atomic E-state index is 12.2. The van der Waals surface area contributed by atoms with Gasteiger partial charge in [0.1, 0.15) is 0 Å². The number of carbonyl (C=O) groups excluding carboxylic acids is 1. The second-order valence-electron chi connectivity index (χ2n) is 5.67. The number of benzene rings is 1. The second kappa shape index (κ2) is 7.21. The molecule has 0 aliphatic carbocycles. The zero-order valence-electron chi connectivity index (χ0n) is 13.0. The van der Waals surface area contributed by atoms with Gasteiger partial charge in [-0.3, -0.25) is 4.79 Å². The lowest BCUT2D eigenvalue weighted by atomic mass is 9.97. The number of hydrogen-bond donors (Lipinski definition) is 1. The van der Waals surface area contributed by atoms with Crippen LogP contribution in [0.25, 0.3) is 0 Å². The summed E-state index contributed by atoms with van der Waals surface area (Å²) >= 11 is 0. The molecule has 1 heterocycles. The molecule has 0 atom stereocenters. The molecule has 6 nitrogen and oxygen atoms in total. The van der Waals surface area contributed by atoms with Crippen LogP contribution in [0, 0.1) is 5.92 Å². The minimum atomic E-state index is -3.37. The van der Waals surface area contributed by atoms with Crippen LogP contribution in [0.15, 0.2) is 30.3 Å². The van der Waals surface area contributed by atoms with E-state index in [0.717, 1.165) is 5.56 Å². The number of carbonyl (C=O) groups is 1. The molecule has 1 aromatic carbocycles. The maximum atomic E-state index is 12.2. The number of piperidine rings is 1. The molecule has 1 saturated heterocycles. The number of nitrogens with one attached hydrogen (secondary N) is 1. The fourth-order valence-corrected chi connectivity index (χ4v) is 3.64. The monoisotopic (exact) mass is 325 g/mol. The summed E-state index contributed by atoms with van der Waals surface area (Å²) in [6.45, 7) is 1.30. The summed E-state index contributed by atoms with van der Waals surface area (Å²) in [4.78, 5) is 12.2. The lowest BCUT2D eigenvalue weighted by Gasteiger charge is -2.32. The lowest BCUT2D eigenvalue weighted by molar-refractivity contribution is -0.126. The Hall–Kier alpha value is -1.44. The summed E-state index contributed by atoms with van der Waals surface area (Å²) in [5, 5.41) is 2.93. The lowest BCUT2D eigenvalue weighted by Crippen LogP contribution is -2.46. The van der Waals surface area contributed by atoms with E-state index in [4.69, 9.17) is 0 Å². The fraction of sp³-hybridized carbons (Fsp3) is 0.533. The van der Waals surface area contributed by atoms with Crippen molar-refractivity contribution in [3.63, 3.8) is 0 Å². The van der Waals surface area contributed by atoms with E-state index in [-0.39, 0.29) is 11.8 Å². The third-order valence-electron chi connectivity index (χ3n) is 3.92. The van der Waals surface area contributed by atoms with E-state index in [0.29, 0.717) is 32.5 Å². The van der Waals surface area contributed by atoms with Gasteiger partial charge < -0.3 is 5.32 Å². The van der Waals surface area contributed by atoms with Crippen molar-refractivity contribution in [3.05, 3.63) is 35.9 Å². The van der Waals surface area contributed by atoms with E-state index >= 15 is 0 Å². The van der Waals surface area contributed by atoms with Crippen LogP contribution < -0.4 is 5.32 Å². The van der Waals surface area contributed by atoms with Gasteiger partial charge in [0.05, 0.1) is 0 Å². The van der Waals surface area contributed by atoms with E-state index in [2.05, 4.69) is 5.32 Å². The van der Waals surface area contributed by atoms with Gasteiger partial charge in [-0.1, -0.05) is 30.3 Å². The summed E-state index contributed by atoms with van der Waals surface area (Å²) in [5.41, 5.74) is 1.06. The van der Waals surface area contributed by atoms with Gasteiger partial charge in [-0.15, -0.1) is 0 Å². The first-order valence-electron chi connectivity index (χ1n) is 7.40. The quantitative estimate of drug-likeness (QED) is 0.871. The third kappa shape index (κ3) is 4.06. The molecule has 0 unspecified atom stereocenters. The van der Waals surface area contributed by atoms with E-state index in [1.807, 2.05) is 30.3 Å². The highest BCUT2D eigenvalue weighted by molar-refractivity contribution is 7.86. The highest BCUT2D eigenvalue weighted by Gasteiger charge is 2.31. The molecule has 2 rings (SSSR count). The summed E-state index contributed by atoms with van der Waals surface area (Å²) in [7, 11) is -0.326. The number of rotatable bonds is 5. The van der Waals surface area contributed by atoms with Crippen LogP contribution in [0.4, 0.5) is 0 Å². The molecule has 1 aliphatic rings. The van der Waals surface area contributed by atoms with Gasteiger partial charge in [-0.05, 0) is 18.4 Å². The van der Waals surface area contributed by atoms with Gasteiger partial charge in [-0.2, -0.15) is 17.0 Å². The van der Waals surface area contributed by atoms with Crippen molar-refractivity contribution < 1.29 is 13.2 Å². The molecule has 1 amide bonds. The van der Waals surface area contributed by atoms with Crippen molar-refractivity contribution in [3.8, 4) is 0 Å². The van der Waals surface area contributed by atoms with Crippen molar-refractivity contribution in [1.82, 2.24) is 13.9 Å². The molecule has 1 N–H and O–H groups in total. The Morgan fingerprint density at radius 2 is 1.82 bits per heavy atom. The van der Waals surface area contributed by atoms with Gasteiger partial charge in [0, 0.05) is 39.6 Å². The van der Waals surface area contributed by atoms with Crippen molar-refractivity contribution in [2.45, 2.75) is 19.4 Å². The largest absolute Gasteiger partial charge is 0.352 e. The molecule has 1 aromatic rings. The molecular formula is C15H23N3O3S. The Labute approximate surface area is 132 Å². The summed E-state index contributed by atoms with van der Waals surface area (Å²) in [5.74, 6) is -0.108. The fourth-order valence-electron chi connectivity index (χ4n) is 2.51. The first kappa shape index (κ1) is 16.9. The summed E-state index contributed by atoms with van der Waals surface area (Å²) in [6.07, 6.45) is 1.13. The van der Waals surface area contributed by atoms with Crippen LogP contribution in [0.1, 0.15) is 18.4 Å². The molecule has 0 spiro atoms. The highest BCUT2D eigenvalue weighted by Crippen LogP contribution is 2.20. The van der Waals surface area contributed by atoms with Crippen molar-refractivity contribution in [1.29, 1.82) is 0 Å². The number of nitrogens with zero attached hydrogens (tertiary/aromatic N) is 2. The van der Waals surface area contributed by atoms with Gasteiger partial charge in [0.25, 0.3) is 10.2 Å². The second-order valence-corrected chi connectivity index (χ2v) is 7.81. The van der Waals surface area contributed by atoms with Crippen LogP contribution in [0.5, 0.6) is 0 Å². The molecule has 0 bridgehead atoms. The predicted octanol–water partition coefficient (Wildman–Crippen LogP) is 0.821. The molecule has 1 fully saturated rings. The van der Waals surface area contributed by atoms with E-state index < -0.39 is 10.2 Å². The summed E-state index contributed by atoms with van der Waals surface area (Å²) in [6, 6.07) is 9.74. The van der Waals surface area contributed by atoms with Crippen LogP contribution in [-0.4, -0.2) is 50.1 Å². The molecule has 0 radical (unpaired) electrons. The minimum Gasteiger partial charge on any atom is -0.352 e. The Balaban J connectivity index is 1.83. The van der Waals surface area contributed by atoms with E-state index in [9.17, 15) is 13.2 Å². The first-order valence-corrected chi connectivity index (χ1v) is 8.80. The Kier molecular flexibility index (Phi) is 5.55. The van der Waals surface area contributed by atoms with Gasteiger partial charge in [-0.25, -0.2) is 0 Å². The molecule has 22 heavy (non-hydrogen) atoms. The molecule has 7 heteroatoms. The van der Waals surface area contributed by atoms with Crippen molar-refractivity contribution in [2.75, 3.05) is 27.2 Å². The van der Waals surface area contributed by atoms with Crippen molar-refractivity contribution >= 4 is 16.1 Å². The maximum Gasteiger partial charge on any atom is 0.281 e. The van der Waals surface area contributed by atoms with Gasteiger partial charge in [0.15, 0.2) is 0 Å². The van der Waals surface area contributed by atoms with Crippen LogP contribution >= 0.6 is 0 Å². The third-order valence-corrected chi connectivity index (χ3v) is 5.86. The molecular weight excluding hydrogens is 302 g/mol. The topological polar surface area (TPSA) is 69.7 Å². The van der Waals surface area contributed by atoms with E-state index in [1.54, 1.807) is 0 Å². The van der Waals surface area contributed by atoms with Gasteiger partial charge >= 0.3 is 0 Å². The average molecular weight is 325 g/mol. The van der Waals surface area contributed by atoms with Crippen LogP contribution in [0.2, 0.25) is 0 Å². The smallest absolute Gasteiger partial charge is 0.281 e. The normalized spacial score (nSPS) is 17.6. The SMILES string of the molecule is CN(C)S(=O)(=O)N1CCC(C(=O)NCc2ccccc2)CC1. The number of amides is 1.